The Labute approximate surface area is 216 Å². The van der Waals surface area contributed by atoms with Gasteiger partial charge in [-0.2, -0.15) is 0 Å². The van der Waals surface area contributed by atoms with E-state index in [4.69, 9.17) is 4.42 Å². The van der Waals surface area contributed by atoms with Crippen LogP contribution >= 0.6 is 0 Å². The summed E-state index contributed by atoms with van der Waals surface area (Å²) in [5.74, 6) is 0.824. The molecule has 0 aliphatic heterocycles. The number of carboxylic acid groups (broad SMARTS) is 1. The lowest BCUT2D eigenvalue weighted by molar-refractivity contribution is -0.139. The zero-order chi connectivity index (χ0) is 26.5. The maximum Gasteiger partial charge on any atom is 0.326 e. The number of benzene rings is 2. The molecule has 37 heavy (non-hydrogen) atoms. The summed E-state index contributed by atoms with van der Waals surface area (Å²) in [4.78, 5) is 29.1. The number of furan rings is 1. The number of aliphatic carboxylic acids is 1. The first-order valence-electron chi connectivity index (χ1n) is 12.2. The van der Waals surface area contributed by atoms with E-state index in [0.717, 1.165) is 45.0 Å². The Hall–Kier alpha value is -4.39. The molecule has 3 N–H and O–H groups in total. The molecule has 7 heteroatoms. The standard InChI is InChI=1S/C30H31N3O4/c1-18-11-12-31-27(15-18)32-17-24-9-10-26(37-24)23-7-5-22(6-8-23)16-25(30(35)36)33-29(34)28-20(3)13-19(2)14-21(28)4/h5-15,25H,16-17H2,1-4H3,(H,31,32)(H,33,34)(H,35,36). The lowest BCUT2D eigenvalue weighted by Crippen LogP contribution is -2.42. The monoisotopic (exact) mass is 497 g/mol. The summed E-state index contributed by atoms with van der Waals surface area (Å²) in [5, 5.41) is 15.7. The number of anilines is 1. The van der Waals surface area contributed by atoms with Crippen molar-refractivity contribution in [2.24, 2.45) is 0 Å². The van der Waals surface area contributed by atoms with Gasteiger partial charge in [0.1, 0.15) is 23.4 Å². The van der Waals surface area contributed by atoms with Gasteiger partial charge in [-0.1, -0.05) is 42.0 Å². The first-order chi connectivity index (χ1) is 17.7. The molecular formula is C30H31N3O4. The molecule has 190 valence electrons. The second-order valence-electron chi connectivity index (χ2n) is 9.38. The molecule has 2 aromatic carbocycles. The van der Waals surface area contributed by atoms with E-state index in [9.17, 15) is 14.7 Å². The Morgan fingerprint density at radius 3 is 2.27 bits per heavy atom. The molecule has 1 amide bonds. The molecule has 0 saturated carbocycles. The average molecular weight is 498 g/mol. The highest BCUT2D eigenvalue weighted by Crippen LogP contribution is 2.24. The number of hydrogen-bond donors (Lipinski definition) is 3. The molecule has 4 aromatic rings. The molecule has 0 fully saturated rings. The number of rotatable bonds is 9. The molecule has 0 aliphatic carbocycles. The third-order valence-corrected chi connectivity index (χ3v) is 6.21. The molecule has 7 nitrogen and oxygen atoms in total. The van der Waals surface area contributed by atoms with Crippen molar-refractivity contribution in [3.8, 4) is 11.3 Å². The van der Waals surface area contributed by atoms with Gasteiger partial charge >= 0.3 is 5.97 Å². The molecule has 2 aromatic heterocycles. The number of carbonyl (C=O) groups is 2. The molecule has 2 heterocycles. The van der Waals surface area contributed by atoms with E-state index in [-0.39, 0.29) is 12.3 Å². The number of nitrogens with one attached hydrogen (secondary N) is 2. The van der Waals surface area contributed by atoms with Gasteiger partial charge in [0.25, 0.3) is 5.91 Å². The van der Waals surface area contributed by atoms with Crippen LogP contribution in [0, 0.1) is 27.7 Å². The highest BCUT2D eigenvalue weighted by Gasteiger charge is 2.23. The minimum atomic E-state index is -1.08. The van der Waals surface area contributed by atoms with Crippen molar-refractivity contribution in [2.75, 3.05) is 5.32 Å². The normalized spacial score (nSPS) is 11.7. The fourth-order valence-electron chi connectivity index (χ4n) is 4.45. The van der Waals surface area contributed by atoms with Crippen LogP contribution in [0.15, 0.2) is 71.3 Å². The molecule has 0 bridgehead atoms. The number of hydrogen-bond acceptors (Lipinski definition) is 5. The quantitative estimate of drug-likeness (QED) is 0.278. The molecule has 1 unspecified atom stereocenters. The summed E-state index contributed by atoms with van der Waals surface area (Å²) in [7, 11) is 0. The van der Waals surface area contributed by atoms with Crippen molar-refractivity contribution >= 4 is 17.7 Å². The van der Waals surface area contributed by atoms with E-state index in [1.54, 1.807) is 6.20 Å². The van der Waals surface area contributed by atoms with Crippen LogP contribution < -0.4 is 10.6 Å². The minimum Gasteiger partial charge on any atom is -0.480 e. The van der Waals surface area contributed by atoms with Crippen molar-refractivity contribution in [1.29, 1.82) is 0 Å². The van der Waals surface area contributed by atoms with E-state index in [1.807, 2.05) is 88.4 Å². The third-order valence-electron chi connectivity index (χ3n) is 6.21. The van der Waals surface area contributed by atoms with E-state index >= 15 is 0 Å². The van der Waals surface area contributed by atoms with Crippen LogP contribution in [0.2, 0.25) is 0 Å². The molecule has 0 saturated heterocycles. The molecule has 0 aliphatic rings. The van der Waals surface area contributed by atoms with Gasteiger partial charge in [-0.05, 0) is 74.2 Å². The second kappa shape index (κ2) is 11.1. The van der Waals surface area contributed by atoms with Crippen LogP contribution in [0.25, 0.3) is 11.3 Å². The summed E-state index contributed by atoms with van der Waals surface area (Å²) in [6.45, 7) is 8.21. The first-order valence-corrected chi connectivity index (χ1v) is 12.2. The van der Waals surface area contributed by atoms with Gasteiger partial charge in [0, 0.05) is 23.7 Å². The van der Waals surface area contributed by atoms with Crippen molar-refractivity contribution in [3.05, 3.63) is 106 Å². The van der Waals surface area contributed by atoms with Crippen molar-refractivity contribution in [2.45, 2.75) is 46.7 Å². The maximum absolute atomic E-state index is 12.9. The predicted octanol–water partition coefficient (Wildman–Crippen LogP) is 5.61. The Kier molecular flexibility index (Phi) is 7.72. The van der Waals surface area contributed by atoms with Crippen molar-refractivity contribution in [1.82, 2.24) is 10.3 Å². The van der Waals surface area contributed by atoms with Crippen LogP contribution in [0.1, 0.15) is 43.9 Å². The zero-order valence-corrected chi connectivity index (χ0v) is 21.5. The number of nitrogens with zero attached hydrogens (tertiary/aromatic N) is 1. The number of aromatic nitrogens is 1. The van der Waals surface area contributed by atoms with Crippen LogP contribution in [0.5, 0.6) is 0 Å². The number of carbonyl (C=O) groups excluding carboxylic acids is 1. The summed E-state index contributed by atoms with van der Waals surface area (Å²) in [6.07, 6.45) is 1.93. The van der Waals surface area contributed by atoms with Gasteiger partial charge in [-0.15, -0.1) is 0 Å². The summed E-state index contributed by atoms with van der Waals surface area (Å²) < 4.78 is 5.97. The average Bonchev–Trinajstić information content (AvgIpc) is 3.31. The molecular weight excluding hydrogens is 466 g/mol. The van der Waals surface area contributed by atoms with Gasteiger partial charge < -0.3 is 20.2 Å². The Morgan fingerprint density at radius 1 is 0.919 bits per heavy atom. The number of pyridine rings is 1. The summed E-state index contributed by atoms with van der Waals surface area (Å²) >= 11 is 0. The molecule has 0 spiro atoms. The van der Waals surface area contributed by atoms with E-state index in [1.165, 1.54) is 0 Å². The summed E-state index contributed by atoms with van der Waals surface area (Å²) in [6, 6.07) is 18.0. The van der Waals surface area contributed by atoms with Crippen LogP contribution in [-0.4, -0.2) is 28.0 Å². The van der Waals surface area contributed by atoms with Gasteiger partial charge in [-0.25, -0.2) is 9.78 Å². The molecule has 0 radical (unpaired) electrons. The topological polar surface area (TPSA) is 104 Å². The lowest BCUT2D eigenvalue weighted by Gasteiger charge is -2.17. The molecule has 1 atom stereocenters. The van der Waals surface area contributed by atoms with Crippen LogP contribution in [0.3, 0.4) is 0 Å². The highest BCUT2D eigenvalue weighted by molar-refractivity contribution is 5.99. The van der Waals surface area contributed by atoms with Gasteiger partial charge in [0.05, 0.1) is 6.54 Å². The van der Waals surface area contributed by atoms with E-state index < -0.39 is 12.0 Å². The Morgan fingerprint density at radius 2 is 1.62 bits per heavy atom. The SMILES string of the molecule is Cc1ccnc(NCc2ccc(-c3ccc(CC(NC(=O)c4c(C)cc(C)cc4C)C(=O)O)cc3)o2)c1. The summed E-state index contributed by atoms with van der Waals surface area (Å²) in [5.41, 5.74) is 6.04. The Bertz CT molecular complexity index is 1400. The van der Waals surface area contributed by atoms with Crippen molar-refractivity contribution in [3.63, 3.8) is 0 Å². The first kappa shape index (κ1) is 25.7. The predicted molar refractivity (Wildman–Crippen MR) is 144 cm³/mol. The second-order valence-corrected chi connectivity index (χ2v) is 9.38. The lowest BCUT2D eigenvalue weighted by atomic mass is 9.98. The number of amides is 1. The fourth-order valence-corrected chi connectivity index (χ4v) is 4.45. The van der Waals surface area contributed by atoms with Gasteiger partial charge in [0.2, 0.25) is 0 Å². The largest absolute Gasteiger partial charge is 0.480 e. The van der Waals surface area contributed by atoms with Crippen LogP contribution in [-0.2, 0) is 17.8 Å². The number of carboxylic acids is 1. The maximum atomic E-state index is 12.9. The van der Waals surface area contributed by atoms with Crippen LogP contribution in [0.4, 0.5) is 5.82 Å². The number of aryl methyl sites for hydroxylation is 4. The van der Waals surface area contributed by atoms with E-state index in [0.29, 0.717) is 17.9 Å². The molecule has 4 rings (SSSR count). The Balaban J connectivity index is 1.40. The zero-order valence-electron chi connectivity index (χ0n) is 21.5. The fraction of sp³-hybridized carbons (Fsp3) is 0.233. The van der Waals surface area contributed by atoms with E-state index in [2.05, 4.69) is 15.6 Å². The van der Waals surface area contributed by atoms with Crippen molar-refractivity contribution < 1.29 is 19.1 Å². The van der Waals surface area contributed by atoms with Gasteiger partial charge in [-0.3, -0.25) is 4.79 Å². The third kappa shape index (κ3) is 6.44. The van der Waals surface area contributed by atoms with Gasteiger partial charge in [0.15, 0.2) is 0 Å². The minimum absolute atomic E-state index is 0.169. The smallest absolute Gasteiger partial charge is 0.326 e. The highest BCUT2D eigenvalue weighted by atomic mass is 16.4.